The molecular weight excluding hydrogens is 303 g/mol. The lowest BCUT2D eigenvalue weighted by molar-refractivity contribution is -0.217. The summed E-state index contributed by atoms with van der Waals surface area (Å²) in [6, 6.07) is 0. The van der Waals surface area contributed by atoms with Gasteiger partial charge in [0.05, 0.1) is 12.3 Å². The summed E-state index contributed by atoms with van der Waals surface area (Å²) in [6.45, 7) is 4.67. The normalized spacial score (nSPS) is 38.7. The van der Waals surface area contributed by atoms with Crippen LogP contribution in [0.4, 0.5) is 4.39 Å². The molecule has 2 N–H and O–H groups in total. The molecule has 0 aliphatic carbocycles. The van der Waals surface area contributed by atoms with Gasteiger partial charge in [-0.05, 0) is 0 Å². The fourth-order valence-corrected chi connectivity index (χ4v) is 2.16. The van der Waals surface area contributed by atoms with Crippen molar-refractivity contribution in [2.45, 2.75) is 31.5 Å². The Bertz CT molecular complexity index is 497. The first-order chi connectivity index (χ1) is 9.95. The van der Waals surface area contributed by atoms with Gasteiger partial charge >= 0.3 is 0 Å². The highest BCUT2D eigenvalue weighted by Crippen LogP contribution is 2.30. The first-order valence-electron chi connectivity index (χ1n) is 6.31. The highest BCUT2D eigenvalue weighted by Gasteiger charge is 2.45. The van der Waals surface area contributed by atoms with Gasteiger partial charge in [-0.1, -0.05) is 25.1 Å². The van der Waals surface area contributed by atoms with Gasteiger partial charge in [0.1, 0.15) is 31.1 Å². The number of nitrogens with zero attached hydrogens (tertiary/aromatic N) is 4. The van der Waals surface area contributed by atoms with E-state index in [1.54, 1.807) is 6.92 Å². The maximum absolute atomic E-state index is 14.1. The smallest absolute Gasteiger partial charge is 0.157 e. The van der Waals surface area contributed by atoms with Crippen LogP contribution in [0.2, 0.25) is 0 Å². The van der Waals surface area contributed by atoms with E-state index in [9.17, 15) is 9.50 Å². The number of aliphatic imine (C=N–C) groups is 2. The molecule has 2 heterocycles. The molecule has 1 fully saturated rings. The standard InChI is InChI=1S/C12H16ClFN4O3/c1-6-9(14)10(20)8(3-19)21-12(6)18-5-16-7(2)11(13)15-4-17-18/h4-6,8-10,12,19-20H,2-3H2,1H3/b15-11?,16-5?,17-4-/t6?,8-,9?,10?,12-/m1/s1. The number of rotatable bonds is 2. The third kappa shape index (κ3) is 3.29. The van der Waals surface area contributed by atoms with E-state index >= 15 is 0 Å². The van der Waals surface area contributed by atoms with E-state index in [2.05, 4.69) is 21.7 Å². The van der Waals surface area contributed by atoms with Crippen molar-refractivity contribution in [1.82, 2.24) is 5.01 Å². The number of hydrogen-bond acceptors (Lipinski definition) is 7. The Balaban J connectivity index is 2.24. The van der Waals surface area contributed by atoms with Crippen LogP contribution in [0.3, 0.4) is 0 Å². The van der Waals surface area contributed by atoms with Crippen molar-refractivity contribution in [3.8, 4) is 0 Å². The molecule has 21 heavy (non-hydrogen) atoms. The van der Waals surface area contributed by atoms with Gasteiger partial charge in [0.15, 0.2) is 11.4 Å². The monoisotopic (exact) mass is 318 g/mol. The summed E-state index contributed by atoms with van der Waals surface area (Å²) in [5.74, 6) is -0.696. The highest BCUT2D eigenvalue weighted by molar-refractivity contribution is 6.70. The molecule has 3 unspecified atom stereocenters. The van der Waals surface area contributed by atoms with Crippen LogP contribution in [0.25, 0.3) is 0 Å². The van der Waals surface area contributed by atoms with Gasteiger partial charge in [-0.2, -0.15) is 5.10 Å². The van der Waals surface area contributed by atoms with Gasteiger partial charge in [-0.25, -0.2) is 19.4 Å². The summed E-state index contributed by atoms with van der Waals surface area (Å²) in [6.07, 6.45) is -2.38. The minimum absolute atomic E-state index is 0.0966. The van der Waals surface area contributed by atoms with Crippen molar-refractivity contribution >= 4 is 29.4 Å². The van der Waals surface area contributed by atoms with Crippen molar-refractivity contribution in [2.24, 2.45) is 21.0 Å². The predicted octanol–water partition coefficient (Wildman–Crippen LogP) is 0.477. The number of alkyl halides is 1. The molecule has 116 valence electrons. The molecule has 0 aromatic carbocycles. The maximum atomic E-state index is 14.1. The Morgan fingerprint density at radius 1 is 1.57 bits per heavy atom. The fourth-order valence-electron chi connectivity index (χ4n) is 2.07. The van der Waals surface area contributed by atoms with Crippen molar-refractivity contribution in [3.05, 3.63) is 12.3 Å². The predicted molar refractivity (Wildman–Crippen MR) is 77.1 cm³/mol. The van der Waals surface area contributed by atoms with Crippen LogP contribution in [-0.4, -0.2) is 64.3 Å². The zero-order valence-corrected chi connectivity index (χ0v) is 12.1. The zero-order chi connectivity index (χ0) is 15.6. The quantitative estimate of drug-likeness (QED) is 0.775. The molecule has 0 aromatic rings. The van der Waals surface area contributed by atoms with Crippen LogP contribution < -0.4 is 0 Å². The molecule has 0 radical (unpaired) electrons. The van der Waals surface area contributed by atoms with Crippen LogP contribution in [-0.2, 0) is 4.74 Å². The summed E-state index contributed by atoms with van der Waals surface area (Å²) in [5, 5.41) is 24.2. The van der Waals surface area contributed by atoms with E-state index in [0.717, 1.165) is 0 Å². The van der Waals surface area contributed by atoms with Gasteiger partial charge in [-0.3, -0.25) is 0 Å². The first-order valence-corrected chi connectivity index (χ1v) is 6.69. The van der Waals surface area contributed by atoms with Gasteiger partial charge in [0.2, 0.25) is 0 Å². The van der Waals surface area contributed by atoms with Crippen LogP contribution >= 0.6 is 11.6 Å². The Labute approximate surface area is 126 Å². The number of aliphatic hydroxyl groups is 2. The van der Waals surface area contributed by atoms with E-state index in [1.807, 2.05) is 0 Å². The molecule has 2 rings (SSSR count). The lowest BCUT2D eigenvalue weighted by Crippen LogP contribution is -2.57. The van der Waals surface area contributed by atoms with E-state index < -0.39 is 37.1 Å². The molecule has 0 aromatic heterocycles. The van der Waals surface area contributed by atoms with E-state index in [-0.39, 0.29) is 10.9 Å². The Morgan fingerprint density at radius 2 is 2.29 bits per heavy atom. The Morgan fingerprint density at radius 3 is 2.95 bits per heavy atom. The summed E-state index contributed by atoms with van der Waals surface area (Å²) in [4.78, 5) is 7.75. The molecule has 0 bridgehead atoms. The van der Waals surface area contributed by atoms with Gasteiger partial charge in [0, 0.05) is 5.92 Å². The second kappa shape index (κ2) is 6.61. The third-order valence-electron chi connectivity index (χ3n) is 3.34. The van der Waals surface area contributed by atoms with Crippen molar-refractivity contribution in [2.75, 3.05) is 6.61 Å². The Hall–Kier alpha value is -1.35. The van der Waals surface area contributed by atoms with Crippen LogP contribution in [0.15, 0.2) is 27.4 Å². The number of aliphatic hydroxyl groups excluding tert-OH is 2. The summed E-state index contributed by atoms with van der Waals surface area (Å²) in [7, 11) is 0. The van der Waals surface area contributed by atoms with Crippen molar-refractivity contribution in [3.63, 3.8) is 0 Å². The van der Waals surface area contributed by atoms with Crippen LogP contribution in [0.1, 0.15) is 6.92 Å². The molecule has 0 saturated carbocycles. The third-order valence-corrected chi connectivity index (χ3v) is 3.66. The molecular formula is C12H16ClFN4O3. The first kappa shape index (κ1) is 16.0. The molecule has 2 aliphatic heterocycles. The lowest BCUT2D eigenvalue weighted by atomic mass is 9.92. The van der Waals surface area contributed by atoms with E-state index in [0.29, 0.717) is 0 Å². The SMILES string of the molecule is C=C1N=CN([C@@H]2O[C@H](CO)C(O)C(F)C2C)/N=C\N=C1Cl. The molecule has 5 atom stereocenters. The minimum atomic E-state index is -1.56. The number of ether oxygens (including phenoxy) is 1. The fraction of sp³-hybridized carbons (Fsp3) is 0.583. The van der Waals surface area contributed by atoms with Crippen molar-refractivity contribution in [1.29, 1.82) is 0 Å². The molecule has 0 amide bonds. The van der Waals surface area contributed by atoms with Crippen molar-refractivity contribution < 1.29 is 19.3 Å². The average molecular weight is 319 g/mol. The summed E-state index contributed by atoms with van der Waals surface area (Å²) in [5.41, 5.74) is 0.229. The van der Waals surface area contributed by atoms with Crippen LogP contribution in [0, 0.1) is 5.92 Å². The molecule has 0 spiro atoms. The van der Waals surface area contributed by atoms with Gasteiger partial charge in [0.25, 0.3) is 0 Å². The second-order valence-corrected chi connectivity index (χ2v) is 5.12. The number of allylic oxidation sites excluding steroid dienone is 1. The average Bonchev–Trinajstić information content (AvgIpc) is 2.47. The largest absolute Gasteiger partial charge is 0.394 e. The maximum Gasteiger partial charge on any atom is 0.157 e. The minimum Gasteiger partial charge on any atom is -0.394 e. The topological polar surface area (TPSA) is 90.0 Å². The van der Waals surface area contributed by atoms with Gasteiger partial charge < -0.3 is 14.9 Å². The molecule has 2 aliphatic rings. The van der Waals surface area contributed by atoms with E-state index in [4.69, 9.17) is 21.4 Å². The van der Waals surface area contributed by atoms with Gasteiger partial charge in [-0.15, -0.1) is 0 Å². The number of hydrogen-bond donors (Lipinski definition) is 2. The van der Waals surface area contributed by atoms with Crippen LogP contribution in [0.5, 0.6) is 0 Å². The van der Waals surface area contributed by atoms with E-state index in [1.165, 1.54) is 17.7 Å². The second-order valence-electron chi connectivity index (χ2n) is 4.76. The highest BCUT2D eigenvalue weighted by atomic mass is 35.5. The molecule has 9 heteroatoms. The summed E-state index contributed by atoms with van der Waals surface area (Å²) < 4.78 is 19.6. The molecule has 7 nitrogen and oxygen atoms in total. The summed E-state index contributed by atoms with van der Waals surface area (Å²) >= 11 is 5.76. The number of hydrazone groups is 1. The Kier molecular flexibility index (Phi) is 5.04. The zero-order valence-electron chi connectivity index (χ0n) is 11.3. The lowest BCUT2D eigenvalue weighted by Gasteiger charge is -2.42. The molecule has 1 saturated heterocycles. The number of halogens is 2.